The van der Waals surface area contributed by atoms with Crippen LogP contribution in [0.25, 0.3) is 10.9 Å². The molecule has 0 spiro atoms. The van der Waals surface area contributed by atoms with Crippen LogP contribution in [0.4, 0.5) is 0 Å². The van der Waals surface area contributed by atoms with E-state index in [0.29, 0.717) is 19.4 Å². The number of nitrogens with one attached hydrogen (secondary N) is 3. The first-order chi connectivity index (χ1) is 14.4. The first kappa shape index (κ1) is 23.7. The number of fused-ring (bicyclic) bond motifs is 1. The van der Waals surface area contributed by atoms with E-state index in [4.69, 9.17) is 11.5 Å². The summed E-state index contributed by atoms with van der Waals surface area (Å²) in [6.07, 6.45) is 3.58. The topological polar surface area (TPSA) is 163 Å². The summed E-state index contributed by atoms with van der Waals surface area (Å²) in [5, 5.41) is 15.3. The molecule has 1 aromatic heterocycles. The first-order valence-corrected chi connectivity index (χ1v) is 10.5. The minimum absolute atomic E-state index is 0.00647. The predicted octanol–water partition coefficient (Wildman–Crippen LogP) is 0.151. The number of carbonyl (C=O) groups excluding carboxylic acids is 2. The van der Waals surface area contributed by atoms with Crippen molar-refractivity contribution in [1.29, 1.82) is 0 Å². The van der Waals surface area contributed by atoms with Crippen LogP contribution >= 0.6 is 12.6 Å². The molecule has 1 aromatic carbocycles. The lowest BCUT2D eigenvalue weighted by Gasteiger charge is -2.21. The Bertz CT molecular complexity index is 872. The Morgan fingerprint density at radius 1 is 1.10 bits per heavy atom. The summed E-state index contributed by atoms with van der Waals surface area (Å²) < 4.78 is 0. The Labute approximate surface area is 180 Å². The molecule has 0 radical (unpaired) electrons. The summed E-state index contributed by atoms with van der Waals surface area (Å²) >= 11 is 4.11. The largest absolute Gasteiger partial charge is 0.480 e. The molecule has 1 heterocycles. The molecular weight excluding hydrogens is 406 g/mol. The maximum absolute atomic E-state index is 12.5. The maximum Gasteiger partial charge on any atom is 0.326 e. The molecule has 3 atom stereocenters. The van der Waals surface area contributed by atoms with E-state index in [2.05, 4.69) is 28.2 Å². The lowest BCUT2D eigenvalue weighted by Crippen LogP contribution is -2.55. The van der Waals surface area contributed by atoms with E-state index in [-0.39, 0.29) is 18.6 Å². The third kappa shape index (κ3) is 6.48. The van der Waals surface area contributed by atoms with Gasteiger partial charge in [-0.1, -0.05) is 18.2 Å². The summed E-state index contributed by atoms with van der Waals surface area (Å²) in [7, 11) is 0. The van der Waals surface area contributed by atoms with Crippen molar-refractivity contribution in [3.63, 3.8) is 0 Å². The van der Waals surface area contributed by atoms with Gasteiger partial charge in [0.2, 0.25) is 11.8 Å². The van der Waals surface area contributed by atoms with Gasteiger partial charge in [0.1, 0.15) is 12.1 Å². The molecule has 0 saturated heterocycles. The van der Waals surface area contributed by atoms with Gasteiger partial charge in [0, 0.05) is 22.9 Å². The summed E-state index contributed by atoms with van der Waals surface area (Å²) in [4.78, 5) is 39.5. The molecule has 9 nitrogen and oxygen atoms in total. The SMILES string of the molecule is NCCCCC(NC(=O)C(CS)NC(=O)C(N)Cc1c[nH]c2ccccc12)C(=O)O. The van der Waals surface area contributed by atoms with Crippen LogP contribution in [0.1, 0.15) is 24.8 Å². The van der Waals surface area contributed by atoms with E-state index in [1.807, 2.05) is 24.3 Å². The van der Waals surface area contributed by atoms with Gasteiger partial charge >= 0.3 is 5.97 Å². The van der Waals surface area contributed by atoms with Crippen molar-refractivity contribution in [1.82, 2.24) is 15.6 Å². The lowest BCUT2D eigenvalue weighted by atomic mass is 10.0. The minimum Gasteiger partial charge on any atom is -0.480 e. The van der Waals surface area contributed by atoms with Crippen LogP contribution in [0, 0.1) is 0 Å². The third-order valence-electron chi connectivity index (χ3n) is 4.83. The fraction of sp³-hybridized carbons (Fsp3) is 0.450. The number of aliphatic carboxylic acids is 1. The zero-order valence-corrected chi connectivity index (χ0v) is 17.5. The molecule has 0 aliphatic heterocycles. The van der Waals surface area contributed by atoms with Gasteiger partial charge in [-0.05, 0) is 43.9 Å². The van der Waals surface area contributed by atoms with E-state index >= 15 is 0 Å². The number of carboxylic acids is 1. The van der Waals surface area contributed by atoms with Crippen LogP contribution in [-0.2, 0) is 20.8 Å². The molecule has 164 valence electrons. The number of thiol groups is 1. The molecule has 0 aliphatic rings. The maximum atomic E-state index is 12.5. The van der Waals surface area contributed by atoms with E-state index in [1.165, 1.54) is 0 Å². The number of rotatable bonds is 12. The van der Waals surface area contributed by atoms with Gasteiger partial charge in [0.15, 0.2) is 0 Å². The lowest BCUT2D eigenvalue weighted by molar-refractivity contribution is -0.142. The molecule has 2 rings (SSSR count). The Morgan fingerprint density at radius 2 is 1.80 bits per heavy atom. The van der Waals surface area contributed by atoms with Crippen molar-refractivity contribution in [3.05, 3.63) is 36.0 Å². The van der Waals surface area contributed by atoms with Gasteiger partial charge in [-0.3, -0.25) is 9.59 Å². The van der Waals surface area contributed by atoms with Crippen LogP contribution in [0.3, 0.4) is 0 Å². The van der Waals surface area contributed by atoms with E-state index in [0.717, 1.165) is 16.5 Å². The quantitative estimate of drug-likeness (QED) is 0.185. The fourth-order valence-corrected chi connectivity index (χ4v) is 3.38. The zero-order chi connectivity index (χ0) is 22.1. The average Bonchev–Trinajstić information content (AvgIpc) is 3.13. The Kier molecular flexibility index (Phi) is 9.15. The highest BCUT2D eigenvalue weighted by Gasteiger charge is 2.27. The molecule has 3 unspecified atom stereocenters. The molecule has 0 bridgehead atoms. The van der Waals surface area contributed by atoms with Crippen molar-refractivity contribution >= 4 is 41.3 Å². The Balaban J connectivity index is 1.95. The molecular formula is C20H29N5O4S. The number of aromatic nitrogens is 1. The predicted molar refractivity (Wildman–Crippen MR) is 118 cm³/mol. The highest BCUT2D eigenvalue weighted by molar-refractivity contribution is 7.80. The molecule has 2 aromatic rings. The fourth-order valence-electron chi connectivity index (χ4n) is 3.13. The van der Waals surface area contributed by atoms with Crippen LogP contribution in [-0.4, -0.2) is 58.3 Å². The van der Waals surface area contributed by atoms with Crippen LogP contribution in [0.5, 0.6) is 0 Å². The number of para-hydroxylation sites is 1. The van der Waals surface area contributed by atoms with Gasteiger partial charge in [-0.2, -0.15) is 12.6 Å². The highest BCUT2D eigenvalue weighted by Crippen LogP contribution is 2.18. The number of H-pyrrole nitrogens is 1. The van der Waals surface area contributed by atoms with E-state index in [1.54, 1.807) is 6.20 Å². The molecule has 0 saturated carbocycles. The van der Waals surface area contributed by atoms with Crippen LogP contribution in [0.2, 0.25) is 0 Å². The monoisotopic (exact) mass is 435 g/mol. The number of nitrogens with two attached hydrogens (primary N) is 2. The summed E-state index contributed by atoms with van der Waals surface area (Å²) in [5.41, 5.74) is 13.3. The Morgan fingerprint density at radius 3 is 2.47 bits per heavy atom. The van der Waals surface area contributed by atoms with Crippen molar-refractivity contribution < 1.29 is 19.5 Å². The number of amides is 2. The van der Waals surface area contributed by atoms with Gasteiger partial charge in [-0.25, -0.2) is 4.79 Å². The second-order valence-corrected chi connectivity index (χ2v) is 7.46. The highest BCUT2D eigenvalue weighted by atomic mass is 32.1. The van der Waals surface area contributed by atoms with Crippen molar-refractivity contribution in [3.8, 4) is 0 Å². The summed E-state index contributed by atoms with van der Waals surface area (Å²) in [5.74, 6) is -2.25. The van der Waals surface area contributed by atoms with Gasteiger partial charge in [0.25, 0.3) is 0 Å². The van der Waals surface area contributed by atoms with Crippen molar-refractivity contribution in [2.24, 2.45) is 11.5 Å². The molecule has 0 aliphatic carbocycles. The number of carboxylic acid groups (broad SMARTS) is 1. The normalized spacial score (nSPS) is 14.1. The van der Waals surface area contributed by atoms with Crippen LogP contribution in [0.15, 0.2) is 30.5 Å². The van der Waals surface area contributed by atoms with E-state index < -0.39 is 35.9 Å². The summed E-state index contributed by atoms with van der Waals surface area (Å²) in [6.45, 7) is 0.448. The number of hydrogen-bond donors (Lipinski definition) is 7. The van der Waals surface area contributed by atoms with Crippen molar-refractivity contribution in [2.75, 3.05) is 12.3 Å². The van der Waals surface area contributed by atoms with Gasteiger partial charge in [0.05, 0.1) is 6.04 Å². The first-order valence-electron chi connectivity index (χ1n) is 9.82. The second kappa shape index (κ2) is 11.6. The Hall–Kier alpha value is -2.56. The van der Waals surface area contributed by atoms with Gasteiger partial charge < -0.3 is 32.2 Å². The number of carbonyl (C=O) groups is 3. The molecule has 30 heavy (non-hydrogen) atoms. The molecule has 2 amide bonds. The smallest absolute Gasteiger partial charge is 0.326 e. The molecule has 10 heteroatoms. The third-order valence-corrected chi connectivity index (χ3v) is 5.19. The number of unbranched alkanes of at least 4 members (excludes halogenated alkanes) is 1. The van der Waals surface area contributed by atoms with E-state index in [9.17, 15) is 19.5 Å². The second-order valence-electron chi connectivity index (χ2n) is 7.10. The molecule has 8 N–H and O–H groups in total. The molecule has 0 fully saturated rings. The minimum atomic E-state index is -1.14. The number of aromatic amines is 1. The number of hydrogen-bond acceptors (Lipinski definition) is 6. The van der Waals surface area contributed by atoms with Gasteiger partial charge in [-0.15, -0.1) is 0 Å². The average molecular weight is 436 g/mol. The standard InChI is InChI=1S/C20H29N5O4S/c21-8-4-3-7-16(20(28)29)24-19(27)17(11-30)25-18(26)14(22)9-12-10-23-15-6-2-1-5-13(12)15/h1-2,5-6,10,14,16-17,23,30H,3-4,7-9,11,21-22H2,(H,24,27)(H,25,26)(H,28,29). The van der Waals surface area contributed by atoms with Crippen molar-refractivity contribution in [2.45, 2.75) is 43.8 Å². The summed E-state index contributed by atoms with van der Waals surface area (Å²) in [6, 6.07) is 4.75. The number of benzene rings is 1. The zero-order valence-electron chi connectivity index (χ0n) is 16.6. The van der Waals surface area contributed by atoms with Crippen LogP contribution < -0.4 is 22.1 Å².